The molecule has 1 heterocycles. The molecule has 1 aromatic rings. The molecule has 0 saturated heterocycles. The van der Waals surface area contributed by atoms with E-state index in [9.17, 15) is 0 Å². The lowest BCUT2D eigenvalue weighted by molar-refractivity contribution is 0.0975. The van der Waals surface area contributed by atoms with E-state index in [0.717, 1.165) is 18.0 Å². The van der Waals surface area contributed by atoms with Crippen molar-refractivity contribution >= 4 is 11.8 Å². The van der Waals surface area contributed by atoms with E-state index in [4.69, 9.17) is 4.74 Å². The number of hydrogen-bond acceptors (Lipinski definition) is 3. The van der Waals surface area contributed by atoms with Crippen molar-refractivity contribution in [3.05, 3.63) is 29.8 Å². The molecule has 1 unspecified atom stereocenters. The summed E-state index contributed by atoms with van der Waals surface area (Å²) in [5.41, 5.74) is 1.14. The molecule has 0 aliphatic carbocycles. The number of thioether (sulfide) groups is 1. The summed E-state index contributed by atoms with van der Waals surface area (Å²) in [7, 11) is 0. The summed E-state index contributed by atoms with van der Waals surface area (Å²) >= 11 is 1.86. The van der Waals surface area contributed by atoms with Crippen LogP contribution in [0.3, 0.4) is 0 Å². The van der Waals surface area contributed by atoms with Crippen LogP contribution in [0.5, 0.6) is 5.75 Å². The largest absolute Gasteiger partial charge is 0.486 e. The fourth-order valence-electron chi connectivity index (χ4n) is 2.19. The maximum Gasteiger partial charge on any atom is 0.125 e. The maximum atomic E-state index is 5.97. The Balaban J connectivity index is 2.15. The fourth-order valence-corrected chi connectivity index (χ4v) is 2.51. The lowest BCUT2D eigenvalue weighted by atomic mass is 9.94. The number of hydrogen-bond donors (Lipinski definition) is 1. The molecule has 2 nitrogen and oxygen atoms in total. The van der Waals surface area contributed by atoms with E-state index in [2.05, 4.69) is 37.6 Å². The topological polar surface area (TPSA) is 21.3 Å². The van der Waals surface area contributed by atoms with Crippen molar-refractivity contribution in [2.24, 2.45) is 0 Å². The zero-order valence-corrected chi connectivity index (χ0v) is 10.9. The molecule has 0 saturated carbocycles. The molecule has 0 amide bonds. The summed E-state index contributed by atoms with van der Waals surface area (Å²) in [6.45, 7) is 5.31. The molecule has 1 aromatic carbocycles. The second kappa shape index (κ2) is 4.68. The minimum absolute atomic E-state index is 0.151. The Hall–Kier alpha value is -0.670. The Kier molecular flexibility index (Phi) is 3.45. The summed E-state index contributed by atoms with van der Waals surface area (Å²) in [6.07, 6.45) is 2.13. The first kappa shape index (κ1) is 11.8. The van der Waals surface area contributed by atoms with Gasteiger partial charge in [0.2, 0.25) is 0 Å². The number of benzene rings is 1. The smallest absolute Gasteiger partial charge is 0.125 e. The third-order valence-corrected chi connectivity index (χ3v) is 3.57. The Labute approximate surface area is 102 Å². The highest BCUT2D eigenvalue weighted by Gasteiger charge is 2.40. The van der Waals surface area contributed by atoms with Gasteiger partial charge in [0.25, 0.3) is 0 Å². The van der Waals surface area contributed by atoms with Crippen molar-refractivity contribution in [2.45, 2.75) is 25.5 Å². The van der Waals surface area contributed by atoms with Crippen molar-refractivity contribution in [3.63, 3.8) is 0 Å². The van der Waals surface area contributed by atoms with Crippen LogP contribution in [0.2, 0.25) is 0 Å². The van der Waals surface area contributed by atoms with Crippen molar-refractivity contribution in [3.8, 4) is 5.75 Å². The quantitative estimate of drug-likeness (QED) is 0.814. The number of fused-ring (bicyclic) bond motifs is 1. The minimum atomic E-state index is -0.151. The van der Waals surface area contributed by atoms with Crippen LogP contribution in [-0.4, -0.2) is 24.2 Å². The summed E-state index contributed by atoms with van der Waals surface area (Å²) in [6, 6.07) is 8.61. The highest BCUT2D eigenvalue weighted by atomic mass is 32.2. The van der Waals surface area contributed by atoms with E-state index in [1.54, 1.807) is 0 Å². The second-order valence-corrected chi connectivity index (χ2v) is 5.61. The summed E-state index contributed by atoms with van der Waals surface area (Å²) in [4.78, 5) is 0. The zero-order valence-electron chi connectivity index (χ0n) is 10.1. The first-order valence-corrected chi connectivity index (χ1v) is 7.05. The van der Waals surface area contributed by atoms with Gasteiger partial charge < -0.3 is 10.1 Å². The standard InChI is InChI=1S/C13H19NOS/c1-13(2)12(14-8-9-16-3)10-6-4-5-7-11(10)15-13/h4-7,12,14H,8-9H2,1-3H3. The molecular formula is C13H19NOS. The summed E-state index contributed by atoms with van der Waals surface area (Å²) < 4.78 is 5.97. The lowest BCUT2D eigenvalue weighted by Gasteiger charge is -2.27. The van der Waals surface area contributed by atoms with E-state index in [1.807, 2.05) is 23.9 Å². The van der Waals surface area contributed by atoms with Crippen molar-refractivity contribution in [1.82, 2.24) is 5.32 Å². The molecule has 1 N–H and O–H groups in total. The van der Waals surface area contributed by atoms with Gasteiger partial charge in [0.15, 0.2) is 0 Å². The number of nitrogens with one attached hydrogen (secondary N) is 1. The van der Waals surface area contributed by atoms with Gasteiger partial charge in [-0.05, 0) is 26.2 Å². The highest BCUT2D eigenvalue weighted by molar-refractivity contribution is 7.98. The van der Waals surface area contributed by atoms with Crippen LogP contribution in [0, 0.1) is 0 Å². The molecule has 0 radical (unpaired) electrons. The molecule has 16 heavy (non-hydrogen) atoms. The van der Waals surface area contributed by atoms with Gasteiger partial charge in [-0.2, -0.15) is 11.8 Å². The molecule has 0 spiro atoms. The van der Waals surface area contributed by atoms with E-state index >= 15 is 0 Å². The number of ether oxygens (including phenoxy) is 1. The third kappa shape index (κ3) is 2.20. The van der Waals surface area contributed by atoms with E-state index in [-0.39, 0.29) is 5.60 Å². The highest BCUT2D eigenvalue weighted by Crippen LogP contribution is 2.42. The average molecular weight is 237 g/mol. The molecule has 0 fully saturated rings. The Morgan fingerprint density at radius 1 is 1.38 bits per heavy atom. The monoisotopic (exact) mass is 237 g/mol. The van der Waals surface area contributed by atoms with E-state index < -0.39 is 0 Å². The molecule has 1 aliphatic heterocycles. The summed E-state index contributed by atoms with van der Waals surface area (Å²) in [5.74, 6) is 2.16. The molecule has 3 heteroatoms. The van der Waals surface area contributed by atoms with Gasteiger partial charge in [0.05, 0.1) is 6.04 Å². The molecule has 88 valence electrons. The van der Waals surface area contributed by atoms with Crippen molar-refractivity contribution in [1.29, 1.82) is 0 Å². The summed E-state index contributed by atoms with van der Waals surface area (Å²) in [5, 5.41) is 3.58. The number of para-hydroxylation sites is 1. The van der Waals surface area contributed by atoms with Crippen LogP contribution in [-0.2, 0) is 0 Å². The van der Waals surface area contributed by atoms with Gasteiger partial charge in [0, 0.05) is 17.9 Å². The Bertz CT molecular complexity index is 365. The van der Waals surface area contributed by atoms with Crippen molar-refractivity contribution < 1.29 is 4.74 Å². The second-order valence-electron chi connectivity index (χ2n) is 4.62. The van der Waals surface area contributed by atoms with Crippen LogP contribution in [0.25, 0.3) is 0 Å². The van der Waals surface area contributed by atoms with Gasteiger partial charge in [-0.1, -0.05) is 18.2 Å². The first-order valence-electron chi connectivity index (χ1n) is 5.65. The molecule has 1 aliphatic rings. The molecule has 0 aromatic heterocycles. The van der Waals surface area contributed by atoms with Crippen LogP contribution < -0.4 is 10.1 Å². The molecule has 2 rings (SSSR count). The fraction of sp³-hybridized carbons (Fsp3) is 0.538. The van der Waals surface area contributed by atoms with E-state index in [0.29, 0.717) is 6.04 Å². The van der Waals surface area contributed by atoms with Crippen LogP contribution in [0.1, 0.15) is 25.5 Å². The molecule has 1 atom stereocenters. The zero-order chi connectivity index (χ0) is 11.6. The SMILES string of the molecule is CSCCNC1c2ccccc2OC1(C)C. The predicted octanol–water partition coefficient (Wildman–Crippen LogP) is 2.85. The Morgan fingerprint density at radius 3 is 2.88 bits per heavy atom. The van der Waals surface area contributed by atoms with Crippen LogP contribution in [0.4, 0.5) is 0 Å². The molecule has 0 bridgehead atoms. The predicted molar refractivity (Wildman–Crippen MR) is 70.3 cm³/mol. The van der Waals surface area contributed by atoms with Crippen LogP contribution >= 0.6 is 11.8 Å². The third-order valence-electron chi connectivity index (χ3n) is 2.95. The lowest BCUT2D eigenvalue weighted by Crippen LogP contribution is -2.39. The number of rotatable bonds is 4. The van der Waals surface area contributed by atoms with Crippen molar-refractivity contribution in [2.75, 3.05) is 18.6 Å². The average Bonchev–Trinajstić information content (AvgIpc) is 2.50. The van der Waals surface area contributed by atoms with E-state index in [1.165, 1.54) is 5.56 Å². The normalized spacial score (nSPS) is 21.6. The molecular weight excluding hydrogens is 218 g/mol. The van der Waals surface area contributed by atoms with Gasteiger partial charge in [-0.15, -0.1) is 0 Å². The van der Waals surface area contributed by atoms with Gasteiger partial charge in [0.1, 0.15) is 11.4 Å². The first-order chi connectivity index (χ1) is 7.65. The minimum Gasteiger partial charge on any atom is -0.486 e. The Morgan fingerprint density at radius 2 is 2.12 bits per heavy atom. The maximum absolute atomic E-state index is 5.97. The van der Waals surface area contributed by atoms with Gasteiger partial charge in [-0.25, -0.2) is 0 Å². The van der Waals surface area contributed by atoms with Gasteiger partial charge >= 0.3 is 0 Å². The van der Waals surface area contributed by atoms with Crippen LogP contribution in [0.15, 0.2) is 24.3 Å². The van der Waals surface area contributed by atoms with Gasteiger partial charge in [-0.3, -0.25) is 0 Å².